The quantitative estimate of drug-likeness (QED) is 0.157. The van der Waals surface area contributed by atoms with Gasteiger partial charge in [-0.25, -0.2) is 9.78 Å². The van der Waals surface area contributed by atoms with Crippen molar-refractivity contribution in [3.05, 3.63) is 65.4 Å². The van der Waals surface area contributed by atoms with Crippen LogP contribution in [0.2, 0.25) is 0 Å². The fourth-order valence-electron chi connectivity index (χ4n) is 3.17. The van der Waals surface area contributed by atoms with Crippen LogP contribution in [-0.4, -0.2) is 28.9 Å². The molecular formula is C22H19F6N7O2. The highest BCUT2D eigenvalue weighted by Gasteiger charge is 2.41. The fourth-order valence-corrected chi connectivity index (χ4v) is 3.17. The number of benzene rings is 2. The number of hydrogen-bond acceptors (Lipinski definition) is 6. The Hall–Kier alpha value is -4.56. The molecule has 0 atom stereocenters. The summed E-state index contributed by atoms with van der Waals surface area (Å²) >= 11 is 0. The maximum absolute atomic E-state index is 13.5. The molecular weight excluding hydrogens is 508 g/mol. The van der Waals surface area contributed by atoms with Crippen LogP contribution in [0.5, 0.6) is 11.6 Å². The normalized spacial score (nSPS) is 11.5. The van der Waals surface area contributed by atoms with Gasteiger partial charge in [0.05, 0.1) is 17.0 Å². The third-order valence-corrected chi connectivity index (χ3v) is 4.67. The summed E-state index contributed by atoms with van der Waals surface area (Å²) in [7, 11) is 1.62. The molecule has 0 saturated carbocycles. The van der Waals surface area contributed by atoms with E-state index in [1.165, 1.54) is 36.5 Å². The Morgan fingerprint density at radius 3 is 2.05 bits per heavy atom. The zero-order valence-corrected chi connectivity index (χ0v) is 18.9. The molecule has 0 saturated heterocycles. The van der Waals surface area contributed by atoms with Crippen molar-refractivity contribution in [2.45, 2.75) is 18.8 Å². The summed E-state index contributed by atoms with van der Waals surface area (Å²) < 4.78 is 86.8. The molecule has 1 heterocycles. The first kappa shape index (κ1) is 27.0. The molecule has 0 aliphatic carbocycles. The molecule has 0 aliphatic heterocycles. The van der Waals surface area contributed by atoms with Gasteiger partial charge in [-0.05, 0) is 42.0 Å². The zero-order chi connectivity index (χ0) is 27.4. The van der Waals surface area contributed by atoms with Gasteiger partial charge in [-0.3, -0.25) is 5.41 Å². The number of alkyl halides is 6. The van der Waals surface area contributed by atoms with Gasteiger partial charge in [0.1, 0.15) is 5.75 Å². The first-order valence-electron chi connectivity index (χ1n) is 10.3. The second-order valence-corrected chi connectivity index (χ2v) is 7.42. The van der Waals surface area contributed by atoms with Gasteiger partial charge in [0, 0.05) is 37.1 Å². The topological polar surface area (TPSA) is 138 Å². The minimum absolute atomic E-state index is 0.170. The van der Waals surface area contributed by atoms with Crippen molar-refractivity contribution in [1.82, 2.24) is 9.97 Å². The van der Waals surface area contributed by atoms with Crippen LogP contribution in [-0.2, 0) is 18.8 Å². The Kier molecular flexibility index (Phi) is 7.74. The summed E-state index contributed by atoms with van der Waals surface area (Å²) in [5.74, 6) is -0.00224. The summed E-state index contributed by atoms with van der Waals surface area (Å²) in [5, 5.41) is 14.2. The molecule has 0 aliphatic rings. The SMILES string of the molecule is CNc1nccc(Oc2ccc(NC(=O)Nc3cc(C(F)(F)F)c(CC(=N)N)c(C(F)(F)F)c3)cc2)n1. The van der Waals surface area contributed by atoms with E-state index in [-0.39, 0.29) is 11.6 Å². The third-order valence-electron chi connectivity index (χ3n) is 4.67. The number of carbonyl (C=O) groups is 1. The number of ether oxygens (including phenoxy) is 1. The summed E-state index contributed by atoms with van der Waals surface area (Å²) in [6.07, 6.45) is -10.0. The van der Waals surface area contributed by atoms with E-state index < -0.39 is 53.0 Å². The molecule has 0 bridgehead atoms. The van der Waals surface area contributed by atoms with Gasteiger partial charge in [-0.1, -0.05) is 0 Å². The number of nitrogens with zero attached hydrogens (tertiary/aromatic N) is 2. The number of nitrogens with two attached hydrogens (primary N) is 1. The molecule has 0 unspecified atom stereocenters. The lowest BCUT2D eigenvalue weighted by Gasteiger charge is -2.20. The maximum Gasteiger partial charge on any atom is 0.416 e. The number of amides is 2. The molecule has 6 N–H and O–H groups in total. The van der Waals surface area contributed by atoms with Crippen LogP contribution in [0.15, 0.2) is 48.7 Å². The second kappa shape index (κ2) is 10.6. The van der Waals surface area contributed by atoms with Gasteiger partial charge in [-0.2, -0.15) is 31.3 Å². The van der Waals surface area contributed by atoms with E-state index in [0.717, 1.165) is 0 Å². The summed E-state index contributed by atoms with van der Waals surface area (Å²) in [5.41, 5.74) is -0.0560. The highest BCUT2D eigenvalue weighted by atomic mass is 19.4. The van der Waals surface area contributed by atoms with Gasteiger partial charge < -0.3 is 26.4 Å². The molecule has 2 aromatic carbocycles. The average Bonchev–Trinajstić information content (AvgIpc) is 2.79. The number of anilines is 3. The minimum atomic E-state index is -5.20. The third kappa shape index (κ3) is 7.22. The van der Waals surface area contributed by atoms with Crippen molar-refractivity contribution in [1.29, 1.82) is 5.41 Å². The summed E-state index contributed by atoms with van der Waals surface area (Å²) in [6.45, 7) is 0. The molecule has 15 heteroatoms. The predicted molar refractivity (Wildman–Crippen MR) is 123 cm³/mol. The Labute approximate surface area is 205 Å². The summed E-state index contributed by atoms with van der Waals surface area (Å²) in [4.78, 5) is 20.3. The average molecular weight is 527 g/mol. The van der Waals surface area contributed by atoms with Crippen molar-refractivity contribution in [3.63, 3.8) is 0 Å². The van der Waals surface area contributed by atoms with Gasteiger partial charge in [0.15, 0.2) is 0 Å². The van der Waals surface area contributed by atoms with Crippen molar-refractivity contribution in [2.24, 2.45) is 5.73 Å². The van der Waals surface area contributed by atoms with Gasteiger partial charge in [0.25, 0.3) is 0 Å². The smallest absolute Gasteiger partial charge is 0.416 e. The number of amidine groups is 1. The van der Waals surface area contributed by atoms with Crippen LogP contribution in [0.4, 0.5) is 48.5 Å². The summed E-state index contributed by atoms with van der Waals surface area (Å²) in [6, 6.07) is 6.82. The number of rotatable bonds is 7. The number of nitrogens with one attached hydrogen (secondary N) is 4. The Bertz CT molecular complexity index is 1260. The molecule has 0 fully saturated rings. The number of carbonyl (C=O) groups excluding carboxylic acids is 1. The highest BCUT2D eigenvalue weighted by molar-refractivity contribution is 6.00. The van der Waals surface area contributed by atoms with Crippen molar-refractivity contribution < 1.29 is 35.9 Å². The minimum Gasteiger partial charge on any atom is -0.439 e. The number of hydrogen-bond donors (Lipinski definition) is 5. The Morgan fingerprint density at radius 2 is 1.54 bits per heavy atom. The second-order valence-electron chi connectivity index (χ2n) is 7.42. The molecule has 196 valence electrons. The van der Waals surface area contributed by atoms with Crippen LogP contribution in [0.1, 0.15) is 16.7 Å². The molecule has 37 heavy (non-hydrogen) atoms. The standard InChI is InChI=1S/C22H19F6N7O2/c1-31-19-32-7-6-18(35-19)37-13-4-2-11(3-5-13)33-20(36)34-12-8-15(21(23,24)25)14(10-17(29)30)16(9-12)22(26,27)28/h2-9H,10H2,1H3,(H3,29,30)(H,31,32,35)(H2,33,34,36). The van der Waals surface area contributed by atoms with E-state index in [2.05, 4.69) is 20.6 Å². The van der Waals surface area contributed by atoms with E-state index >= 15 is 0 Å². The molecule has 2 amide bonds. The fraction of sp³-hybridized carbons (Fsp3) is 0.182. The molecule has 9 nitrogen and oxygen atoms in total. The lowest BCUT2D eigenvalue weighted by Crippen LogP contribution is -2.24. The Balaban J connectivity index is 1.79. The van der Waals surface area contributed by atoms with Crippen LogP contribution in [0.25, 0.3) is 0 Å². The number of urea groups is 1. The van der Waals surface area contributed by atoms with E-state index in [1.807, 2.05) is 5.32 Å². The molecule has 0 spiro atoms. The molecule has 1 aromatic heterocycles. The van der Waals surface area contributed by atoms with Crippen LogP contribution >= 0.6 is 0 Å². The van der Waals surface area contributed by atoms with Gasteiger partial charge in [-0.15, -0.1) is 0 Å². The molecule has 3 rings (SSSR count). The molecule has 0 radical (unpaired) electrons. The number of halogens is 6. The van der Waals surface area contributed by atoms with Gasteiger partial charge in [0.2, 0.25) is 11.8 Å². The van der Waals surface area contributed by atoms with E-state index in [1.54, 1.807) is 7.05 Å². The zero-order valence-electron chi connectivity index (χ0n) is 18.9. The first-order valence-corrected chi connectivity index (χ1v) is 10.3. The maximum atomic E-state index is 13.5. The van der Waals surface area contributed by atoms with Gasteiger partial charge >= 0.3 is 18.4 Å². The van der Waals surface area contributed by atoms with Crippen LogP contribution < -0.4 is 26.4 Å². The van der Waals surface area contributed by atoms with Crippen molar-refractivity contribution >= 4 is 29.2 Å². The van der Waals surface area contributed by atoms with Crippen LogP contribution in [0, 0.1) is 5.41 Å². The predicted octanol–water partition coefficient (Wildman–Crippen LogP) is 5.47. The first-order chi connectivity index (χ1) is 17.3. The van der Waals surface area contributed by atoms with Crippen LogP contribution in [0.3, 0.4) is 0 Å². The lowest BCUT2D eigenvalue weighted by molar-refractivity contribution is -0.144. The van der Waals surface area contributed by atoms with Crippen molar-refractivity contribution in [2.75, 3.05) is 23.0 Å². The van der Waals surface area contributed by atoms with E-state index in [0.29, 0.717) is 23.8 Å². The lowest BCUT2D eigenvalue weighted by atomic mass is 9.95. The van der Waals surface area contributed by atoms with Crippen molar-refractivity contribution in [3.8, 4) is 11.6 Å². The Morgan fingerprint density at radius 1 is 0.973 bits per heavy atom. The van der Waals surface area contributed by atoms with E-state index in [9.17, 15) is 31.1 Å². The monoisotopic (exact) mass is 527 g/mol. The van der Waals surface area contributed by atoms with E-state index in [4.69, 9.17) is 15.9 Å². The largest absolute Gasteiger partial charge is 0.439 e. The molecule has 3 aromatic rings. The number of aromatic nitrogens is 2. The highest BCUT2D eigenvalue weighted by Crippen LogP contribution is 2.41.